The lowest BCUT2D eigenvalue weighted by atomic mass is 10.1. The van der Waals surface area contributed by atoms with E-state index in [1.807, 2.05) is 74.5 Å². The van der Waals surface area contributed by atoms with Crippen LogP contribution in [-0.4, -0.2) is 7.11 Å². The second kappa shape index (κ2) is 7.84. The van der Waals surface area contributed by atoms with Crippen molar-refractivity contribution < 1.29 is 13.9 Å². The van der Waals surface area contributed by atoms with Crippen molar-refractivity contribution in [3.63, 3.8) is 0 Å². The number of benzene rings is 3. The Kier molecular flexibility index (Phi) is 5.09. The highest BCUT2D eigenvalue weighted by molar-refractivity contribution is 5.82. The molecule has 0 N–H and O–H groups in total. The first kappa shape index (κ1) is 18.8. The van der Waals surface area contributed by atoms with Crippen LogP contribution in [0.4, 0.5) is 0 Å². The Balaban J connectivity index is 1.85. The third-order valence-corrected chi connectivity index (χ3v) is 4.99. The van der Waals surface area contributed by atoms with E-state index in [0.29, 0.717) is 16.7 Å². The van der Waals surface area contributed by atoms with Gasteiger partial charge in [0.15, 0.2) is 5.76 Å². The summed E-state index contributed by atoms with van der Waals surface area (Å²) in [6.07, 6.45) is 0. The van der Waals surface area contributed by atoms with E-state index in [1.54, 1.807) is 13.2 Å². The number of rotatable bonds is 5. The molecule has 0 spiro atoms. The molecule has 0 radical (unpaired) electrons. The molecule has 29 heavy (non-hydrogen) atoms. The zero-order valence-corrected chi connectivity index (χ0v) is 16.7. The number of ether oxygens (including phenoxy) is 2. The predicted octanol–water partition coefficient (Wildman–Crippen LogP) is 5.66. The third-order valence-electron chi connectivity index (χ3n) is 4.99. The van der Waals surface area contributed by atoms with E-state index in [1.165, 1.54) is 0 Å². The van der Waals surface area contributed by atoms with E-state index in [-0.39, 0.29) is 17.8 Å². The molecule has 3 aromatic carbocycles. The lowest BCUT2D eigenvalue weighted by Crippen LogP contribution is -2.11. The molecule has 0 amide bonds. The fourth-order valence-electron chi connectivity index (χ4n) is 3.27. The quantitative estimate of drug-likeness (QED) is 0.444. The predicted molar refractivity (Wildman–Crippen MR) is 115 cm³/mol. The standard InChI is InChI=1S/C25H22O4/c1-16-8-13-21-22(14-16)29-24(18-9-11-20(27-3)12-10-18)25(23(21)26)28-15-19-7-5-4-6-17(19)2/h4-14H,15H2,1-3H3. The van der Waals surface area contributed by atoms with Crippen LogP contribution in [0.5, 0.6) is 11.5 Å². The second-order valence-electron chi connectivity index (χ2n) is 7.03. The van der Waals surface area contributed by atoms with Crippen molar-refractivity contribution in [1.82, 2.24) is 0 Å². The van der Waals surface area contributed by atoms with Crippen LogP contribution >= 0.6 is 0 Å². The van der Waals surface area contributed by atoms with Crippen molar-refractivity contribution in [3.05, 3.63) is 93.6 Å². The van der Waals surface area contributed by atoms with Gasteiger partial charge in [0.1, 0.15) is 17.9 Å². The summed E-state index contributed by atoms with van der Waals surface area (Å²) in [5.41, 5.74) is 4.28. The number of fused-ring (bicyclic) bond motifs is 1. The third kappa shape index (κ3) is 3.74. The van der Waals surface area contributed by atoms with Crippen LogP contribution in [0.15, 0.2) is 75.9 Å². The van der Waals surface area contributed by atoms with Crippen molar-refractivity contribution in [2.24, 2.45) is 0 Å². The van der Waals surface area contributed by atoms with Gasteiger partial charge in [-0.1, -0.05) is 30.3 Å². The average Bonchev–Trinajstić information content (AvgIpc) is 2.74. The van der Waals surface area contributed by atoms with Gasteiger partial charge < -0.3 is 13.9 Å². The van der Waals surface area contributed by atoms with Crippen LogP contribution in [0.25, 0.3) is 22.3 Å². The summed E-state index contributed by atoms with van der Waals surface area (Å²) in [7, 11) is 1.62. The lowest BCUT2D eigenvalue weighted by molar-refractivity contribution is 0.297. The normalized spacial score (nSPS) is 10.9. The van der Waals surface area contributed by atoms with E-state index >= 15 is 0 Å². The molecule has 0 unspecified atom stereocenters. The SMILES string of the molecule is COc1ccc(-c2oc3cc(C)ccc3c(=O)c2OCc2ccccc2C)cc1. The maximum atomic E-state index is 13.3. The summed E-state index contributed by atoms with van der Waals surface area (Å²) in [5, 5.41) is 0.507. The van der Waals surface area contributed by atoms with Gasteiger partial charge in [0.25, 0.3) is 0 Å². The van der Waals surface area contributed by atoms with Gasteiger partial charge in [-0.25, -0.2) is 0 Å². The van der Waals surface area contributed by atoms with E-state index in [2.05, 4.69) is 0 Å². The molecule has 1 heterocycles. The van der Waals surface area contributed by atoms with E-state index in [4.69, 9.17) is 13.9 Å². The van der Waals surface area contributed by atoms with Gasteiger partial charge >= 0.3 is 0 Å². The Morgan fingerprint density at radius 3 is 2.41 bits per heavy atom. The Hall–Kier alpha value is -3.53. The molecule has 4 heteroatoms. The van der Waals surface area contributed by atoms with Gasteiger partial charge in [0.05, 0.1) is 12.5 Å². The van der Waals surface area contributed by atoms with Crippen LogP contribution in [0, 0.1) is 13.8 Å². The van der Waals surface area contributed by atoms with Gasteiger partial charge in [0.2, 0.25) is 11.2 Å². The van der Waals surface area contributed by atoms with Gasteiger partial charge in [-0.2, -0.15) is 0 Å². The zero-order chi connectivity index (χ0) is 20.4. The highest BCUT2D eigenvalue weighted by Gasteiger charge is 2.18. The minimum absolute atomic E-state index is 0.175. The molecule has 4 aromatic rings. The molecule has 0 aliphatic rings. The first-order valence-corrected chi connectivity index (χ1v) is 9.46. The van der Waals surface area contributed by atoms with E-state index < -0.39 is 0 Å². The fraction of sp³-hybridized carbons (Fsp3) is 0.160. The first-order valence-electron chi connectivity index (χ1n) is 9.46. The highest BCUT2D eigenvalue weighted by Crippen LogP contribution is 2.32. The molecule has 4 rings (SSSR count). The molecule has 0 saturated carbocycles. The second-order valence-corrected chi connectivity index (χ2v) is 7.03. The van der Waals surface area contributed by atoms with Gasteiger partial charge in [-0.15, -0.1) is 0 Å². The molecular formula is C25H22O4. The van der Waals surface area contributed by atoms with Crippen molar-refractivity contribution in [2.45, 2.75) is 20.5 Å². The molecule has 0 bridgehead atoms. The summed E-state index contributed by atoms with van der Waals surface area (Å²) in [5.74, 6) is 1.37. The Labute approximate surface area is 169 Å². The minimum Gasteiger partial charge on any atom is -0.497 e. The van der Waals surface area contributed by atoms with Crippen LogP contribution in [0.3, 0.4) is 0 Å². The topological polar surface area (TPSA) is 48.7 Å². The molecule has 0 aliphatic heterocycles. The average molecular weight is 386 g/mol. The van der Waals surface area contributed by atoms with Crippen molar-refractivity contribution in [3.8, 4) is 22.8 Å². The first-order chi connectivity index (χ1) is 14.1. The molecule has 4 nitrogen and oxygen atoms in total. The Morgan fingerprint density at radius 1 is 0.931 bits per heavy atom. The highest BCUT2D eigenvalue weighted by atomic mass is 16.5. The number of hydrogen-bond acceptors (Lipinski definition) is 4. The molecule has 0 saturated heterocycles. The van der Waals surface area contributed by atoms with Crippen LogP contribution in [0.1, 0.15) is 16.7 Å². The van der Waals surface area contributed by atoms with Gasteiger partial charge in [-0.05, 0) is 66.9 Å². The summed E-state index contributed by atoms with van der Waals surface area (Å²) >= 11 is 0. The summed E-state index contributed by atoms with van der Waals surface area (Å²) in [6.45, 7) is 4.28. The molecule has 0 fully saturated rings. The largest absolute Gasteiger partial charge is 0.497 e. The van der Waals surface area contributed by atoms with Crippen molar-refractivity contribution in [2.75, 3.05) is 7.11 Å². The Morgan fingerprint density at radius 2 is 1.69 bits per heavy atom. The fourth-order valence-corrected chi connectivity index (χ4v) is 3.27. The van der Waals surface area contributed by atoms with Crippen LogP contribution in [0.2, 0.25) is 0 Å². The maximum Gasteiger partial charge on any atom is 0.235 e. The summed E-state index contributed by atoms with van der Waals surface area (Å²) in [6, 6.07) is 20.9. The van der Waals surface area contributed by atoms with Gasteiger partial charge in [0, 0.05) is 5.56 Å². The number of methoxy groups -OCH3 is 1. The molecular weight excluding hydrogens is 364 g/mol. The number of hydrogen-bond donors (Lipinski definition) is 0. The minimum atomic E-state index is -0.175. The van der Waals surface area contributed by atoms with E-state index in [9.17, 15) is 4.79 Å². The van der Waals surface area contributed by atoms with Crippen molar-refractivity contribution >= 4 is 11.0 Å². The molecule has 0 aliphatic carbocycles. The van der Waals surface area contributed by atoms with E-state index in [0.717, 1.165) is 28.0 Å². The monoisotopic (exact) mass is 386 g/mol. The summed E-state index contributed by atoms with van der Waals surface area (Å²) < 4.78 is 17.5. The molecule has 146 valence electrons. The van der Waals surface area contributed by atoms with Crippen LogP contribution < -0.4 is 14.9 Å². The lowest BCUT2D eigenvalue weighted by Gasteiger charge is -2.13. The van der Waals surface area contributed by atoms with Crippen LogP contribution in [-0.2, 0) is 6.61 Å². The zero-order valence-electron chi connectivity index (χ0n) is 16.7. The molecule has 1 aromatic heterocycles. The van der Waals surface area contributed by atoms with Crippen molar-refractivity contribution in [1.29, 1.82) is 0 Å². The summed E-state index contributed by atoms with van der Waals surface area (Å²) in [4.78, 5) is 13.3. The number of aryl methyl sites for hydroxylation is 2. The Bertz CT molecular complexity index is 1220. The van der Waals surface area contributed by atoms with Gasteiger partial charge in [-0.3, -0.25) is 4.79 Å². The maximum absolute atomic E-state index is 13.3. The molecule has 0 atom stereocenters. The smallest absolute Gasteiger partial charge is 0.235 e.